The van der Waals surface area contributed by atoms with Crippen molar-refractivity contribution < 1.29 is 14.7 Å². The monoisotopic (exact) mass is 288 g/mol. The van der Waals surface area contributed by atoms with E-state index in [1.165, 1.54) is 5.56 Å². The van der Waals surface area contributed by atoms with Crippen LogP contribution in [0.4, 0.5) is 5.69 Å². The first kappa shape index (κ1) is 15.3. The van der Waals surface area contributed by atoms with Crippen LogP contribution < -0.4 is 5.32 Å². The minimum Gasteiger partial charge on any atom is -0.478 e. The number of hydrogen-bond donors (Lipinski definition) is 2. The van der Waals surface area contributed by atoms with E-state index in [1.54, 1.807) is 6.08 Å². The van der Waals surface area contributed by atoms with E-state index in [9.17, 15) is 9.59 Å². The van der Waals surface area contributed by atoms with Crippen molar-refractivity contribution in [1.82, 2.24) is 4.90 Å². The van der Waals surface area contributed by atoms with Crippen LogP contribution in [0.15, 0.2) is 29.8 Å². The van der Waals surface area contributed by atoms with E-state index < -0.39 is 5.97 Å². The molecular formula is C16H20N2O3. The lowest BCUT2D eigenvalue weighted by atomic mass is 10.1. The summed E-state index contributed by atoms with van der Waals surface area (Å²) in [4.78, 5) is 24.8. The highest BCUT2D eigenvalue weighted by Gasteiger charge is 2.19. The van der Waals surface area contributed by atoms with Crippen LogP contribution in [-0.4, -0.2) is 41.5 Å². The number of benzene rings is 1. The maximum absolute atomic E-state index is 12.0. The van der Waals surface area contributed by atoms with Gasteiger partial charge in [0.25, 0.3) is 0 Å². The zero-order chi connectivity index (χ0) is 15.4. The van der Waals surface area contributed by atoms with Crippen molar-refractivity contribution in [1.29, 1.82) is 0 Å². The van der Waals surface area contributed by atoms with E-state index in [2.05, 4.69) is 5.32 Å². The molecule has 0 fully saturated rings. The molecule has 0 unspecified atom stereocenters. The van der Waals surface area contributed by atoms with Crippen molar-refractivity contribution in [3.05, 3.63) is 41.0 Å². The van der Waals surface area contributed by atoms with Gasteiger partial charge in [-0.15, -0.1) is 0 Å². The number of hydrogen-bond acceptors (Lipinski definition) is 3. The molecule has 0 aliphatic carbocycles. The molecule has 5 nitrogen and oxygen atoms in total. The van der Waals surface area contributed by atoms with Crippen molar-refractivity contribution >= 4 is 17.6 Å². The van der Waals surface area contributed by atoms with Crippen LogP contribution >= 0.6 is 0 Å². The van der Waals surface area contributed by atoms with Gasteiger partial charge in [-0.05, 0) is 43.5 Å². The van der Waals surface area contributed by atoms with Crippen LogP contribution in [0.25, 0.3) is 0 Å². The molecule has 0 radical (unpaired) electrons. The lowest BCUT2D eigenvalue weighted by Gasteiger charge is -2.25. The second-order valence-corrected chi connectivity index (χ2v) is 5.38. The van der Waals surface area contributed by atoms with Gasteiger partial charge in [-0.1, -0.05) is 12.1 Å². The fraction of sp³-hybridized carbons (Fsp3) is 0.375. The summed E-state index contributed by atoms with van der Waals surface area (Å²) in [5.74, 6) is -1.03. The molecule has 112 valence electrons. The van der Waals surface area contributed by atoms with E-state index in [0.29, 0.717) is 25.1 Å². The Labute approximate surface area is 124 Å². The van der Waals surface area contributed by atoms with Crippen LogP contribution in [0.2, 0.25) is 0 Å². The van der Waals surface area contributed by atoms with Gasteiger partial charge in [0.15, 0.2) is 0 Å². The maximum atomic E-state index is 12.0. The maximum Gasteiger partial charge on any atom is 0.332 e. The summed E-state index contributed by atoms with van der Waals surface area (Å²) in [5, 5.41) is 11.8. The number of amides is 1. The zero-order valence-corrected chi connectivity index (χ0v) is 12.3. The van der Waals surface area contributed by atoms with Gasteiger partial charge in [0.2, 0.25) is 5.91 Å². The minimum absolute atomic E-state index is 0.120. The van der Waals surface area contributed by atoms with Crippen molar-refractivity contribution in [2.75, 3.05) is 25.0 Å². The Morgan fingerprint density at radius 3 is 2.71 bits per heavy atom. The van der Waals surface area contributed by atoms with Crippen molar-refractivity contribution in [2.45, 2.75) is 20.3 Å². The van der Waals surface area contributed by atoms with Crippen LogP contribution in [-0.2, 0) is 9.59 Å². The quantitative estimate of drug-likeness (QED) is 0.888. The summed E-state index contributed by atoms with van der Waals surface area (Å²) in [6, 6.07) is 5.78. The average Bonchev–Trinajstić information content (AvgIpc) is 2.43. The number of carboxylic acid groups (broad SMARTS) is 1. The number of aliphatic carboxylic acids is 1. The van der Waals surface area contributed by atoms with Crippen molar-refractivity contribution in [2.24, 2.45) is 0 Å². The van der Waals surface area contributed by atoms with Crippen LogP contribution in [0.1, 0.15) is 17.5 Å². The number of carboxylic acids is 1. The number of rotatable bonds is 4. The molecule has 1 aromatic carbocycles. The lowest BCUT2D eigenvalue weighted by molar-refractivity contribution is -0.133. The molecule has 1 amide bonds. The van der Waals surface area contributed by atoms with Crippen LogP contribution in [0.3, 0.4) is 0 Å². The van der Waals surface area contributed by atoms with E-state index in [-0.39, 0.29) is 12.5 Å². The Bertz CT molecular complexity index is 593. The Morgan fingerprint density at radius 1 is 1.29 bits per heavy atom. The fourth-order valence-electron chi connectivity index (χ4n) is 2.32. The Kier molecular flexibility index (Phi) is 4.75. The first-order chi connectivity index (χ1) is 9.95. The Hall–Kier alpha value is -2.14. The molecule has 0 aromatic heterocycles. The second kappa shape index (κ2) is 6.54. The summed E-state index contributed by atoms with van der Waals surface area (Å²) in [6.07, 6.45) is 2.39. The van der Waals surface area contributed by atoms with Gasteiger partial charge < -0.3 is 10.4 Å². The molecule has 1 heterocycles. The third-order valence-corrected chi connectivity index (χ3v) is 3.66. The van der Waals surface area contributed by atoms with E-state index in [1.807, 2.05) is 36.9 Å². The van der Waals surface area contributed by atoms with Gasteiger partial charge in [0.1, 0.15) is 0 Å². The van der Waals surface area contributed by atoms with Crippen LogP contribution in [0, 0.1) is 13.8 Å². The standard InChI is InChI=1S/C16H20N2O3/c1-11-5-6-14(8-12(11)2)17-15(19)10-18-7-3-4-13(9-18)16(20)21/h4-6,8H,3,7,9-10H2,1-2H3,(H,17,19)(H,20,21). The van der Waals surface area contributed by atoms with Gasteiger partial charge in [-0.2, -0.15) is 0 Å². The zero-order valence-electron chi connectivity index (χ0n) is 12.3. The molecule has 0 saturated carbocycles. The summed E-state index contributed by atoms with van der Waals surface area (Å²) in [5.41, 5.74) is 3.44. The highest BCUT2D eigenvalue weighted by molar-refractivity contribution is 5.92. The van der Waals surface area contributed by atoms with Crippen LogP contribution in [0.5, 0.6) is 0 Å². The fourth-order valence-corrected chi connectivity index (χ4v) is 2.32. The molecule has 1 aromatic rings. The Balaban J connectivity index is 1.91. The van der Waals surface area contributed by atoms with Gasteiger partial charge in [-0.25, -0.2) is 4.79 Å². The summed E-state index contributed by atoms with van der Waals surface area (Å²) in [6.45, 7) is 5.25. The molecule has 1 aliphatic heterocycles. The van der Waals surface area contributed by atoms with Gasteiger partial charge in [-0.3, -0.25) is 9.69 Å². The van der Waals surface area contributed by atoms with Gasteiger partial charge in [0, 0.05) is 24.4 Å². The number of carbonyl (C=O) groups is 2. The molecule has 5 heteroatoms. The summed E-state index contributed by atoms with van der Waals surface area (Å²) < 4.78 is 0. The molecule has 2 rings (SSSR count). The molecule has 0 saturated heterocycles. The lowest BCUT2D eigenvalue weighted by Crippen LogP contribution is -2.38. The summed E-state index contributed by atoms with van der Waals surface area (Å²) >= 11 is 0. The molecule has 21 heavy (non-hydrogen) atoms. The van der Waals surface area contributed by atoms with E-state index in [0.717, 1.165) is 11.3 Å². The van der Waals surface area contributed by atoms with Crippen molar-refractivity contribution in [3.63, 3.8) is 0 Å². The topological polar surface area (TPSA) is 69.6 Å². The number of nitrogens with zero attached hydrogens (tertiary/aromatic N) is 1. The summed E-state index contributed by atoms with van der Waals surface area (Å²) in [7, 11) is 0. The molecule has 0 spiro atoms. The first-order valence-electron chi connectivity index (χ1n) is 6.97. The normalized spacial score (nSPS) is 15.4. The third kappa shape index (κ3) is 4.16. The van der Waals surface area contributed by atoms with Crippen molar-refractivity contribution in [3.8, 4) is 0 Å². The molecule has 0 bridgehead atoms. The highest BCUT2D eigenvalue weighted by atomic mass is 16.4. The average molecular weight is 288 g/mol. The third-order valence-electron chi connectivity index (χ3n) is 3.66. The van der Waals surface area contributed by atoms with E-state index >= 15 is 0 Å². The van der Waals surface area contributed by atoms with Gasteiger partial charge >= 0.3 is 5.97 Å². The minimum atomic E-state index is -0.908. The molecule has 0 atom stereocenters. The molecule has 2 N–H and O–H groups in total. The Morgan fingerprint density at radius 2 is 2.05 bits per heavy atom. The first-order valence-corrected chi connectivity index (χ1v) is 6.97. The number of carbonyl (C=O) groups excluding carboxylic acids is 1. The number of nitrogens with one attached hydrogen (secondary N) is 1. The number of aryl methyl sites for hydroxylation is 2. The predicted octanol–water partition coefficient (Wildman–Crippen LogP) is 1.96. The molecule has 1 aliphatic rings. The highest BCUT2D eigenvalue weighted by Crippen LogP contribution is 2.15. The predicted molar refractivity (Wildman–Crippen MR) is 81.3 cm³/mol. The van der Waals surface area contributed by atoms with Gasteiger partial charge in [0.05, 0.1) is 6.54 Å². The SMILES string of the molecule is Cc1ccc(NC(=O)CN2CCC=C(C(=O)O)C2)cc1C. The second-order valence-electron chi connectivity index (χ2n) is 5.38. The molecular weight excluding hydrogens is 268 g/mol. The van der Waals surface area contributed by atoms with E-state index in [4.69, 9.17) is 5.11 Å². The smallest absolute Gasteiger partial charge is 0.332 e. The largest absolute Gasteiger partial charge is 0.478 e. The number of anilines is 1.